The zero-order valence-corrected chi connectivity index (χ0v) is 49.9. The highest BCUT2D eigenvalue weighted by Crippen LogP contribution is 2.60. The molecule has 7 N–H and O–H groups in total. The van der Waals surface area contributed by atoms with Gasteiger partial charge in [-0.3, -0.25) is 23.2 Å². The number of rotatable bonds is 48. The van der Waals surface area contributed by atoms with E-state index in [1.54, 1.807) is 12.2 Å². The quantitative estimate of drug-likeness (QED) is 0.0116. The van der Waals surface area contributed by atoms with E-state index in [9.17, 15) is 48.6 Å². The summed E-state index contributed by atoms with van der Waals surface area (Å²) in [6.07, 6.45) is 44.3. The zero-order chi connectivity index (χ0) is 58.7. The average molecular weight is 1170 g/mol. The summed E-state index contributed by atoms with van der Waals surface area (Å²) in [6, 6.07) is 1.24. The van der Waals surface area contributed by atoms with Gasteiger partial charge in [0.25, 0.3) is 0 Å². The fraction of sp³-hybridized carbons (Fsp3) is 0.695. The summed E-state index contributed by atoms with van der Waals surface area (Å²) < 4.78 is 56.8. The van der Waals surface area contributed by atoms with Crippen molar-refractivity contribution >= 4 is 33.4 Å². The van der Waals surface area contributed by atoms with E-state index < -0.39 is 89.8 Å². The maximum atomic E-state index is 12.9. The Morgan fingerprint density at radius 1 is 0.688 bits per heavy atom. The molecule has 4 unspecified atom stereocenters. The standard InChI is InChI=1S/C59H99N3O16P2/c1-4-6-7-8-9-10-11-12-13-19-22-25-28-31-34-37-40-50(63)42-43-55(65)76-51(46-73-54(64)41-38-35-32-29-26-23-20-17-15-14-16-18-21-24-27-30-33-36-39-49(3)5-2)47-74-79(69,70)78-80(71,72)75-48-52-56(66)57(67)58(77-52)62-45-44-53(60)61-59(62)68/h6-7,9-10,12-13,22,25,31,34,37,40,44-45,49-52,56-58,63,66-67H,4-5,8,11,14-21,23-24,26-30,32-33,35-36,38-39,41-43,46-48H2,1-3H3,(H,69,70)(H,71,72)(H2,60,61,68)/b7-6-,10-9-,13-12-,25-22-,34-31-,40-37-/t49?,50?,51-,52-,56-,57-,58-/m1/s1. The van der Waals surface area contributed by atoms with E-state index in [-0.39, 0.29) is 25.1 Å². The molecule has 1 fully saturated rings. The second kappa shape index (κ2) is 44.7. The lowest BCUT2D eigenvalue weighted by molar-refractivity contribution is -0.161. The molecule has 1 aromatic rings. The van der Waals surface area contributed by atoms with Crippen LogP contribution in [0.1, 0.15) is 207 Å². The number of unbranched alkanes of at least 4 members (excludes halogenated alkanes) is 17. The number of nitrogens with two attached hydrogens (primary N) is 1. The van der Waals surface area contributed by atoms with Crippen LogP contribution in [0.15, 0.2) is 90.0 Å². The Morgan fingerprint density at radius 3 is 1.74 bits per heavy atom. The number of hydrogen-bond donors (Lipinski definition) is 6. The van der Waals surface area contributed by atoms with Gasteiger partial charge in [-0.2, -0.15) is 9.29 Å². The number of aliphatic hydroxyl groups excluding tert-OH is 3. The third-order valence-corrected chi connectivity index (χ3v) is 16.1. The van der Waals surface area contributed by atoms with Crippen LogP contribution in [0, 0.1) is 5.92 Å². The number of aliphatic hydroxyl groups is 3. The number of anilines is 1. The maximum absolute atomic E-state index is 12.9. The summed E-state index contributed by atoms with van der Waals surface area (Å²) in [5, 5.41) is 31.4. The van der Waals surface area contributed by atoms with Crippen molar-refractivity contribution in [2.24, 2.45) is 5.92 Å². The fourth-order valence-electron chi connectivity index (χ4n) is 8.52. The van der Waals surface area contributed by atoms with Crippen molar-refractivity contribution in [1.29, 1.82) is 0 Å². The van der Waals surface area contributed by atoms with Gasteiger partial charge in [0.05, 0.1) is 19.3 Å². The zero-order valence-electron chi connectivity index (χ0n) is 48.1. The summed E-state index contributed by atoms with van der Waals surface area (Å²) in [7, 11) is -11.0. The molecular weight excluding hydrogens is 1070 g/mol. The van der Waals surface area contributed by atoms with Crippen LogP contribution in [0.5, 0.6) is 0 Å². The van der Waals surface area contributed by atoms with Gasteiger partial charge in [-0.25, -0.2) is 13.9 Å². The van der Waals surface area contributed by atoms with Crippen LogP contribution in [-0.2, 0) is 46.3 Å². The van der Waals surface area contributed by atoms with Crippen LogP contribution < -0.4 is 11.4 Å². The van der Waals surface area contributed by atoms with Gasteiger partial charge in [0.1, 0.15) is 30.7 Å². The van der Waals surface area contributed by atoms with Crippen molar-refractivity contribution in [3.05, 3.63) is 95.7 Å². The number of carbonyl (C=O) groups is 2. The minimum atomic E-state index is -5.49. The highest BCUT2D eigenvalue weighted by atomic mass is 31.3. The lowest BCUT2D eigenvalue weighted by Gasteiger charge is -2.21. The van der Waals surface area contributed by atoms with Gasteiger partial charge in [0.2, 0.25) is 0 Å². The number of aromatic nitrogens is 2. The summed E-state index contributed by atoms with van der Waals surface area (Å²) in [6.45, 7) is 4.22. The lowest BCUT2D eigenvalue weighted by Crippen LogP contribution is -2.36. The Morgan fingerprint density at radius 2 is 1.20 bits per heavy atom. The van der Waals surface area contributed by atoms with E-state index in [0.717, 1.165) is 68.0 Å². The van der Waals surface area contributed by atoms with Crippen LogP contribution in [0.2, 0.25) is 0 Å². The van der Waals surface area contributed by atoms with E-state index in [1.807, 2.05) is 12.2 Å². The lowest BCUT2D eigenvalue weighted by atomic mass is 9.99. The smallest absolute Gasteiger partial charge is 0.462 e. The molecule has 21 heteroatoms. The van der Waals surface area contributed by atoms with Gasteiger partial charge >= 0.3 is 33.3 Å². The summed E-state index contributed by atoms with van der Waals surface area (Å²) in [5.41, 5.74) is 4.58. The topological polar surface area (TPSA) is 286 Å². The summed E-state index contributed by atoms with van der Waals surface area (Å²) in [5.74, 6) is -0.721. The normalized spacial score (nSPS) is 19.7. The second-order valence-corrected chi connectivity index (χ2v) is 23.6. The highest BCUT2D eigenvalue weighted by Gasteiger charge is 2.46. The molecule has 9 atom stereocenters. The van der Waals surface area contributed by atoms with E-state index in [1.165, 1.54) is 108 Å². The summed E-state index contributed by atoms with van der Waals surface area (Å²) >= 11 is 0. The maximum Gasteiger partial charge on any atom is 0.481 e. The molecule has 0 aliphatic carbocycles. The SMILES string of the molecule is CC/C=C\C/C=C\C/C=C\C/C=C\C/C=C\C=C/C(O)CCC(=O)O[C@H](COC(=O)CCCCCCCCCCCCCCCCCCCCC(C)CC)COP(=O)(O)OP(=O)(O)OC[C@H]1O[C@@H](n2ccc(N)nc2=O)[C@H](O)[C@@H]1O. The number of nitrogen functional groups attached to an aromatic ring is 1. The van der Waals surface area contributed by atoms with Crippen molar-refractivity contribution in [1.82, 2.24) is 9.55 Å². The largest absolute Gasteiger partial charge is 0.481 e. The number of phosphoric acid groups is 2. The first-order chi connectivity index (χ1) is 38.5. The number of phosphoric ester groups is 2. The summed E-state index contributed by atoms with van der Waals surface area (Å²) in [4.78, 5) is 62.2. The number of carbonyl (C=O) groups excluding carboxylic acids is 2. The first-order valence-electron chi connectivity index (χ1n) is 29.5. The monoisotopic (exact) mass is 1170 g/mol. The average Bonchev–Trinajstić information content (AvgIpc) is 3.84. The van der Waals surface area contributed by atoms with Crippen LogP contribution in [0.25, 0.3) is 0 Å². The number of allylic oxidation sites excluding steroid dienone is 11. The van der Waals surface area contributed by atoms with Gasteiger partial charge < -0.3 is 45.1 Å². The Labute approximate surface area is 477 Å². The molecule has 1 aliphatic rings. The molecule has 0 radical (unpaired) electrons. The Bertz CT molecular complexity index is 2170. The van der Waals surface area contributed by atoms with Gasteiger partial charge in [-0.15, -0.1) is 0 Å². The van der Waals surface area contributed by atoms with E-state index in [2.05, 4.69) is 72.6 Å². The first kappa shape index (κ1) is 72.3. The predicted octanol–water partition coefficient (Wildman–Crippen LogP) is 12.4. The molecule has 1 aliphatic heterocycles. The molecule has 0 spiro atoms. The number of ether oxygens (including phenoxy) is 3. The molecule has 1 aromatic heterocycles. The molecule has 80 heavy (non-hydrogen) atoms. The van der Waals surface area contributed by atoms with Crippen LogP contribution in [-0.4, -0.2) is 96.9 Å². The van der Waals surface area contributed by atoms with Gasteiger partial charge in [-0.1, -0.05) is 216 Å². The molecule has 1 saturated heterocycles. The number of esters is 2. The molecular formula is C59H99N3O16P2. The Balaban J connectivity index is 1.79. The molecule has 2 rings (SSSR count). The third kappa shape index (κ3) is 36.6. The van der Waals surface area contributed by atoms with E-state index in [4.69, 9.17) is 29.0 Å². The minimum Gasteiger partial charge on any atom is -0.462 e. The van der Waals surface area contributed by atoms with Crippen molar-refractivity contribution in [3.63, 3.8) is 0 Å². The van der Waals surface area contributed by atoms with Gasteiger partial charge in [0, 0.05) is 19.0 Å². The molecule has 456 valence electrons. The molecule has 0 aromatic carbocycles. The van der Waals surface area contributed by atoms with Crippen LogP contribution in [0.3, 0.4) is 0 Å². The van der Waals surface area contributed by atoms with Crippen LogP contribution in [0.4, 0.5) is 5.82 Å². The fourth-order valence-corrected chi connectivity index (χ4v) is 10.6. The van der Waals surface area contributed by atoms with E-state index >= 15 is 0 Å². The van der Waals surface area contributed by atoms with Gasteiger partial charge in [-0.05, 0) is 56.9 Å². The highest BCUT2D eigenvalue weighted by molar-refractivity contribution is 7.61. The molecule has 0 bridgehead atoms. The van der Waals surface area contributed by atoms with Crippen molar-refractivity contribution in [3.8, 4) is 0 Å². The van der Waals surface area contributed by atoms with Gasteiger partial charge in [0.15, 0.2) is 12.3 Å². The van der Waals surface area contributed by atoms with Crippen LogP contribution >= 0.6 is 15.6 Å². The van der Waals surface area contributed by atoms with Crippen molar-refractivity contribution in [2.75, 3.05) is 25.6 Å². The minimum absolute atomic E-state index is 0.0516. The molecule has 19 nitrogen and oxygen atoms in total. The van der Waals surface area contributed by atoms with Crippen molar-refractivity contribution in [2.45, 2.75) is 237 Å². The predicted molar refractivity (Wildman–Crippen MR) is 313 cm³/mol. The first-order valence-corrected chi connectivity index (χ1v) is 32.4. The number of hydrogen-bond acceptors (Lipinski definition) is 16. The Hall–Kier alpha value is -3.84. The number of nitrogens with zero attached hydrogens (tertiary/aromatic N) is 2. The Kier molecular flexibility index (Phi) is 40.4. The second-order valence-electron chi connectivity index (χ2n) is 20.6. The molecule has 0 amide bonds. The van der Waals surface area contributed by atoms with Crippen molar-refractivity contribution < 1.29 is 71.4 Å². The molecule has 2 heterocycles. The molecule has 0 saturated carbocycles. The third-order valence-electron chi connectivity index (χ3n) is 13.5. The van der Waals surface area contributed by atoms with E-state index in [0.29, 0.717) is 12.8 Å².